The smallest absolute Gasteiger partial charge is 0.156 e. The van der Waals surface area contributed by atoms with Crippen LogP contribution in [0.2, 0.25) is 10.0 Å². The summed E-state index contributed by atoms with van der Waals surface area (Å²) in [5.41, 5.74) is 4.59. The largest absolute Gasteiger partial charge is 0.490 e. The molecule has 0 amide bonds. The van der Waals surface area contributed by atoms with E-state index in [0.29, 0.717) is 33.9 Å². The lowest BCUT2D eigenvalue weighted by atomic mass is 9.89. The molecule has 2 rings (SSSR count). The van der Waals surface area contributed by atoms with Gasteiger partial charge in [0.15, 0.2) is 5.75 Å². The molecule has 29 heavy (non-hydrogen) atoms. The number of aryl methyl sites for hydroxylation is 2. The molecule has 2 aromatic carbocycles. The van der Waals surface area contributed by atoms with Gasteiger partial charge in [-0.25, -0.2) is 0 Å². The van der Waals surface area contributed by atoms with Crippen LogP contribution < -0.4 is 4.74 Å². The van der Waals surface area contributed by atoms with Gasteiger partial charge in [0.1, 0.15) is 6.29 Å². The van der Waals surface area contributed by atoms with Crippen molar-refractivity contribution in [2.24, 2.45) is 5.92 Å². The normalized spacial score (nSPS) is 12.0. The number of benzene rings is 2. The Balaban J connectivity index is 1.91. The summed E-state index contributed by atoms with van der Waals surface area (Å²) in [6.45, 7) is 7.15. The van der Waals surface area contributed by atoms with Crippen LogP contribution in [0.5, 0.6) is 5.75 Å². The molecule has 0 aliphatic carbocycles. The second-order valence-corrected chi connectivity index (χ2v) is 8.72. The van der Waals surface area contributed by atoms with E-state index >= 15 is 0 Å². The monoisotopic (exact) mass is 434 g/mol. The number of carbonyl (C=O) groups excluding carboxylic acids is 1. The molecule has 0 bridgehead atoms. The van der Waals surface area contributed by atoms with E-state index in [1.165, 1.54) is 42.4 Å². The standard InChI is InChI=1S/C25H32Cl2O2/c1-4-5-6-8-20(14-21-11-10-18(2)19(3)13-21)9-7-12-29-25-23(26)15-22(17-28)16-24(25)27/h10-11,13,15-17,20H,4-9,12,14H2,1-3H3/t20-/m1/s1. The second-order valence-electron chi connectivity index (χ2n) is 7.91. The Labute approximate surface area is 185 Å². The number of hydrogen-bond donors (Lipinski definition) is 0. The van der Waals surface area contributed by atoms with Gasteiger partial charge in [-0.05, 0) is 67.9 Å². The summed E-state index contributed by atoms with van der Waals surface area (Å²) >= 11 is 12.4. The molecule has 0 saturated carbocycles. The average molecular weight is 435 g/mol. The Bertz CT molecular complexity index is 778. The Morgan fingerprint density at radius 2 is 1.66 bits per heavy atom. The molecule has 0 aliphatic heterocycles. The lowest BCUT2D eigenvalue weighted by Crippen LogP contribution is -2.08. The zero-order chi connectivity index (χ0) is 21.2. The van der Waals surface area contributed by atoms with Crippen LogP contribution in [0.4, 0.5) is 0 Å². The third-order valence-electron chi connectivity index (χ3n) is 5.47. The van der Waals surface area contributed by atoms with Gasteiger partial charge in [0.25, 0.3) is 0 Å². The fraction of sp³-hybridized carbons (Fsp3) is 0.480. The van der Waals surface area contributed by atoms with Crippen molar-refractivity contribution in [2.75, 3.05) is 6.61 Å². The highest BCUT2D eigenvalue weighted by Gasteiger charge is 2.13. The van der Waals surface area contributed by atoms with Crippen LogP contribution in [0.25, 0.3) is 0 Å². The molecular formula is C25H32Cl2O2. The molecule has 0 aromatic heterocycles. The van der Waals surface area contributed by atoms with Crippen molar-refractivity contribution in [3.63, 3.8) is 0 Å². The molecule has 158 valence electrons. The topological polar surface area (TPSA) is 26.3 Å². The maximum Gasteiger partial charge on any atom is 0.156 e. The highest BCUT2D eigenvalue weighted by Crippen LogP contribution is 2.34. The number of unbranched alkanes of at least 4 members (excludes halogenated alkanes) is 2. The van der Waals surface area contributed by atoms with E-state index in [9.17, 15) is 4.79 Å². The minimum Gasteiger partial charge on any atom is -0.490 e. The number of rotatable bonds is 12. The molecule has 2 nitrogen and oxygen atoms in total. The quantitative estimate of drug-likeness (QED) is 0.249. The first-order valence-electron chi connectivity index (χ1n) is 10.6. The van der Waals surface area contributed by atoms with Gasteiger partial charge in [-0.1, -0.05) is 74.0 Å². The van der Waals surface area contributed by atoms with Crippen LogP contribution in [0.3, 0.4) is 0 Å². The van der Waals surface area contributed by atoms with Gasteiger partial charge >= 0.3 is 0 Å². The summed E-state index contributed by atoms with van der Waals surface area (Å²) in [6, 6.07) is 9.99. The summed E-state index contributed by atoms with van der Waals surface area (Å²) in [5.74, 6) is 1.12. The summed E-state index contributed by atoms with van der Waals surface area (Å²) in [5, 5.41) is 0.767. The molecule has 0 aliphatic rings. The van der Waals surface area contributed by atoms with E-state index in [1.54, 1.807) is 12.1 Å². The summed E-state index contributed by atoms with van der Waals surface area (Å²) in [7, 11) is 0. The molecule has 0 N–H and O–H groups in total. The Hall–Kier alpha value is -1.51. The summed E-state index contributed by atoms with van der Waals surface area (Å²) in [6.07, 6.45) is 8.95. The SMILES string of the molecule is CCCCC[C@H](CCCOc1c(Cl)cc(C=O)cc1Cl)Cc1ccc(C)c(C)c1. The van der Waals surface area contributed by atoms with Crippen molar-refractivity contribution >= 4 is 29.5 Å². The van der Waals surface area contributed by atoms with Gasteiger partial charge in [0.05, 0.1) is 16.7 Å². The highest BCUT2D eigenvalue weighted by atomic mass is 35.5. The van der Waals surface area contributed by atoms with Crippen molar-refractivity contribution in [2.45, 2.75) is 65.7 Å². The van der Waals surface area contributed by atoms with Crippen molar-refractivity contribution in [1.29, 1.82) is 0 Å². The fourth-order valence-electron chi connectivity index (χ4n) is 3.63. The van der Waals surface area contributed by atoms with Crippen LogP contribution in [0.1, 0.15) is 72.5 Å². The van der Waals surface area contributed by atoms with E-state index in [0.717, 1.165) is 25.5 Å². The zero-order valence-electron chi connectivity index (χ0n) is 17.8. The van der Waals surface area contributed by atoms with E-state index in [-0.39, 0.29) is 0 Å². The molecule has 4 heteroatoms. The van der Waals surface area contributed by atoms with E-state index in [1.807, 2.05) is 0 Å². The van der Waals surface area contributed by atoms with Crippen LogP contribution in [-0.2, 0) is 6.42 Å². The predicted octanol–water partition coefficient (Wildman–Crippen LogP) is 8.02. The lowest BCUT2D eigenvalue weighted by molar-refractivity contribution is 0.112. The average Bonchev–Trinajstić information content (AvgIpc) is 2.69. The maximum absolute atomic E-state index is 10.9. The predicted molar refractivity (Wildman–Crippen MR) is 124 cm³/mol. The van der Waals surface area contributed by atoms with Crippen LogP contribution in [0.15, 0.2) is 30.3 Å². The van der Waals surface area contributed by atoms with Crippen LogP contribution >= 0.6 is 23.2 Å². The van der Waals surface area contributed by atoms with E-state index < -0.39 is 0 Å². The maximum atomic E-state index is 10.9. The summed E-state index contributed by atoms with van der Waals surface area (Å²) < 4.78 is 5.85. The zero-order valence-corrected chi connectivity index (χ0v) is 19.3. The van der Waals surface area contributed by atoms with Gasteiger partial charge in [0.2, 0.25) is 0 Å². The van der Waals surface area contributed by atoms with Crippen LogP contribution in [-0.4, -0.2) is 12.9 Å². The molecule has 0 radical (unpaired) electrons. The van der Waals surface area contributed by atoms with Gasteiger partial charge in [-0.3, -0.25) is 4.79 Å². The molecular weight excluding hydrogens is 403 g/mol. The van der Waals surface area contributed by atoms with Gasteiger partial charge in [0, 0.05) is 5.56 Å². The number of ether oxygens (including phenoxy) is 1. The molecule has 0 saturated heterocycles. The number of carbonyl (C=O) groups is 1. The van der Waals surface area contributed by atoms with Gasteiger partial charge in [-0.2, -0.15) is 0 Å². The van der Waals surface area contributed by atoms with Gasteiger partial charge < -0.3 is 4.74 Å². The van der Waals surface area contributed by atoms with E-state index in [2.05, 4.69) is 39.0 Å². The first kappa shape index (κ1) is 23.8. The Morgan fingerprint density at radius 3 is 2.28 bits per heavy atom. The fourth-order valence-corrected chi connectivity index (χ4v) is 4.24. The molecule has 0 spiro atoms. The van der Waals surface area contributed by atoms with Crippen molar-refractivity contribution < 1.29 is 9.53 Å². The first-order chi connectivity index (χ1) is 13.9. The molecule has 1 atom stereocenters. The third kappa shape index (κ3) is 7.68. The molecule has 2 aromatic rings. The number of aldehydes is 1. The first-order valence-corrected chi connectivity index (χ1v) is 11.3. The minimum atomic E-state index is 0.384. The molecule has 0 heterocycles. The second kappa shape index (κ2) is 12.2. The van der Waals surface area contributed by atoms with Crippen LogP contribution in [0, 0.1) is 19.8 Å². The molecule has 0 fully saturated rings. The number of halogens is 2. The van der Waals surface area contributed by atoms with Crippen molar-refractivity contribution in [3.8, 4) is 5.75 Å². The van der Waals surface area contributed by atoms with E-state index in [4.69, 9.17) is 27.9 Å². The number of hydrogen-bond acceptors (Lipinski definition) is 2. The van der Waals surface area contributed by atoms with Crippen molar-refractivity contribution in [1.82, 2.24) is 0 Å². The van der Waals surface area contributed by atoms with Gasteiger partial charge in [-0.15, -0.1) is 0 Å². The third-order valence-corrected chi connectivity index (χ3v) is 6.03. The molecule has 0 unspecified atom stereocenters. The Morgan fingerprint density at radius 1 is 0.966 bits per heavy atom. The van der Waals surface area contributed by atoms with Crippen molar-refractivity contribution in [3.05, 3.63) is 62.6 Å². The summed E-state index contributed by atoms with van der Waals surface area (Å²) in [4.78, 5) is 10.9. The Kier molecular flexibility index (Phi) is 10.0. The lowest BCUT2D eigenvalue weighted by Gasteiger charge is -2.18. The highest BCUT2D eigenvalue weighted by molar-refractivity contribution is 6.37. The minimum absolute atomic E-state index is 0.384.